The van der Waals surface area contributed by atoms with Crippen LogP contribution >= 0.6 is 0 Å². The van der Waals surface area contributed by atoms with Crippen molar-refractivity contribution in [1.82, 2.24) is 5.32 Å². The lowest BCUT2D eigenvalue weighted by molar-refractivity contribution is 0.528. The predicted octanol–water partition coefficient (Wildman–Crippen LogP) is 2.73. The average molecular weight is 234 g/mol. The molecule has 0 spiro atoms. The first kappa shape index (κ1) is 12.0. The van der Waals surface area contributed by atoms with Crippen LogP contribution < -0.4 is 11.1 Å². The minimum Gasteiger partial charge on any atom is -0.386 e. The topological polar surface area (TPSA) is 38.0 Å². The molecule has 17 heavy (non-hydrogen) atoms. The molecule has 0 amide bonds. The third-order valence-electron chi connectivity index (χ3n) is 3.39. The van der Waals surface area contributed by atoms with Crippen LogP contribution in [0, 0.1) is 11.7 Å². The fourth-order valence-electron chi connectivity index (χ4n) is 2.23. The van der Waals surface area contributed by atoms with E-state index < -0.39 is 0 Å². The number of nitrogens with one attached hydrogen (secondary N) is 1. The molecule has 1 aliphatic heterocycles. The van der Waals surface area contributed by atoms with Gasteiger partial charge in [-0.2, -0.15) is 0 Å². The van der Waals surface area contributed by atoms with Crippen LogP contribution in [0.4, 0.5) is 4.39 Å². The summed E-state index contributed by atoms with van der Waals surface area (Å²) in [6, 6.07) is 6.80. The van der Waals surface area contributed by atoms with Gasteiger partial charge in [0, 0.05) is 6.54 Å². The monoisotopic (exact) mass is 234 g/mol. The molecule has 1 heterocycles. The highest BCUT2D eigenvalue weighted by Crippen LogP contribution is 2.24. The Hall–Kier alpha value is -1.51. The maximum absolute atomic E-state index is 12.8. The van der Waals surface area contributed by atoms with E-state index in [1.54, 1.807) is 0 Å². The fourth-order valence-corrected chi connectivity index (χ4v) is 2.23. The van der Waals surface area contributed by atoms with Crippen LogP contribution in [0.3, 0.4) is 0 Å². The van der Waals surface area contributed by atoms with E-state index in [1.807, 2.05) is 12.1 Å². The van der Waals surface area contributed by atoms with E-state index >= 15 is 0 Å². The molecule has 3 heteroatoms. The first-order valence-corrected chi connectivity index (χ1v) is 6.12. The summed E-state index contributed by atoms with van der Waals surface area (Å²) in [4.78, 5) is 0. The lowest BCUT2D eigenvalue weighted by Crippen LogP contribution is -2.16. The Morgan fingerprint density at radius 3 is 2.71 bits per heavy atom. The fraction of sp³-hybridized carbons (Fsp3) is 0.429. The Kier molecular flexibility index (Phi) is 3.67. The Morgan fingerprint density at radius 2 is 2.12 bits per heavy atom. The summed E-state index contributed by atoms with van der Waals surface area (Å²) in [7, 11) is 0. The van der Waals surface area contributed by atoms with Crippen molar-refractivity contribution >= 4 is 0 Å². The summed E-state index contributed by atoms with van der Waals surface area (Å²) in [5.74, 6) is 1.63. The van der Waals surface area contributed by atoms with E-state index in [0.29, 0.717) is 11.8 Å². The third-order valence-corrected chi connectivity index (χ3v) is 3.39. The van der Waals surface area contributed by atoms with Gasteiger partial charge in [-0.25, -0.2) is 4.39 Å². The van der Waals surface area contributed by atoms with Gasteiger partial charge in [-0.15, -0.1) is 0 Å². The Labute approximate surface area is 102 Å². The second-order valence-corrected chi connectivity index (χ2v) is 4.79. The summed E-state index contributed by atoms with van der Waals surface area (Å²) in [5.41, 5.74) is 6.87. The first-order valence-electron chi connectivity index (χ1n) is 6.12. The van der Waals surface area contributed by atoms with Crippen LogP contribution in [0.15, 0.2) is 36.2 Å². The summed E-state index contributed by atoms with van der Waals surface area (Å²) in [6.07, 6.45) is 4.31. The number of hydrogen-bond donors (Lipinski definition) is 2. The molecular formula is C14H19FN2. The summed E-state index contributed by atoms with van der Waals surface area (Å²) in [6.45, 7) is 3.13. The van der Waals surface area contributed by atoms with E-state index in [0.717, 1.165) is 25.2 Å². The van der Waals surface area contributed by atoms with Crippen molar-refractivity contribution in [3.8, 4) is 0 Å². The molecule has 0 saturated carbocycles. The van der Waals surface area contributed by atoms with Crippen LogP contribution in [0.2, 0.25) is 0 Å². The van der Waals surface area contributed by atoms with Gasteiger partial charge in [0.1, 0.15) is 5.82 Å². The van der Waals surface area contributed by atoms with E-state index in [-0.39, 0.29) is 5.82 Å². The van der Waals surface area contributed by atoms with Crippen LogP contribution in [0.1, 0.15) is 31.2 Å². The predicted molar refractivity (Wildman–Crippen MR) is 67.8 cm³/mol. The highest BCUT2D eigenvalue weighted by atomic mass is 19.1. The Balaban J connectivity index is 1.85. The number of hydrogen-bond acceptors (Lipinski definition) is 2. The summed E-state index contributed by atoms with van der Waals surface area (Å²) < 4.78 is 12.8. The quantitative estimate of drug-likeness (QED) is 0.840. The zero-order valence-corrected chi connectivity index (χ0v) is 10.1. The van der Waals surface area contributed by atoms with Crippen molar-refractivity contribution < 1.29 is 4.39 Å². The molecule has 0 aromatic heterocycles. The molecule has 0 unspecified atom stereocenters. The lowest BCUT2D eigenvalue weighted by atomic mass is 9.92. The number of nitrogens with two attached hydrogens (primary N) is 1. The van der Waals surface area contributed by atoms with Gasteiger partial charge in [0.2, 0.25) is 0 Å². The standard InChI is InChI=1S/C14H19FN2/c1-10(12-4-6-13(15)7-5-12)2-3-11-8-14(16)17-9-11/h4-8,10-11,17H,2-3,9,16H2,1H3/t10-,11-/m0/s1. The van der Waals surface area contributed by atoms with Crippen molar-refractivity contribution in [2.75, 3.05) is 6.54 Å². The molecule has 0 aliphatic carbocycles. The van der Waals surface area contributed by atoms with Gasteiger partial charge in [-0.3, -0.25) is 0 Å². The van der Waals surface area contributed by atoms with Gasteiger partial charge >= 0.3 is 0 Å². The maximum Gasteiger partial charge on any atom is 0.123 e. The van der Waals surface area contributed by atoms with Gasteiger partial charge in [0.25, 0.3) is 0 Å². The Bertz CT molecular complexity index is 397. The van der Waals surface area contributed by atoms with E-state index in [4.69, 9.17) is 5.73 Å². The zero-order valence-electron chi connectivity index (χ0n) is 10.1. The minimum atomic E-state index is -0.170. The highest BCUT2D eigenvalue weighted by molar-refractivity contribution is 5.19. The number of benzene rings is 1. The molecule has 1 aliphatic rings. The van der Waals surface area contributed by atoms with Crippen LogP contribution in [-0.2, 0) is 0 Å². The molecule has 0 fully saturated rings. The van der Waals surface area contributed by atoms with Crippen molar-refractivity contribution in [3.05, 3.63) is 47.5 Å². The molecule has 3 N–H and O–H groups in total. The maximum atomic E-state index is 12.8. The molecule has 0 radical (unpaired) electrons. The molecule has 0 saturated heterocycles. The average Bonchev–Trinajstić information content (AvgIpc) is 2.73. The smallest absolute Gasteiger partial charge is 0.123 e. The number of halogens is 1. The molecular weight excluding hydrogens is 215 g/mol. The minimum absolute atomic E-state index is 0.170. The van der Waals surface area contributed by atoms with Crippen LogP contribution in [0.5, 0.6) is 0 Å². The molecule has 0 bridgehead atoms. The highest BCUT2D eigenvalue weighted by Gasteiger charge is 2.14. The van der Waals surface area contributed by atoms with E-state index in [2.05, 4.69) is 18.3 Å². The van der Waals surface area contributed by atoms with Gasteiger partial charge < -0.3 is 11.1 Å². The van der Waals surface area contributed by atoms with Crippen molar-refractivity contribution in [3.63, 3.8) is 0 Å². The number of rotatable bonds is 4. The molecule has 1 aromatic rings. The van der Waals surface area contributed by atoms with Crippen molar-refractivity contribution in [2.24, 2.45) is 11.7 Å². The van der Waals surface area contributed by atoms with Crippen LogP contribution in [-0.4, -0.2) is 6.54 Å². The molecule has 92 valence electrons. The Morgan fingerprint density at radius 1 is 1.41 bits per heavy atom. The molecule has 2 atom stereocenters. The SMILES string of the molecule is C[C@@H](CC[C@H]1C=C(N)NC1)c1ccc(F)cc1. The van der Waals surface area contributed by atoms with Gasteiger partial charge in [-0.1, -0.05) is 19.1 Å². The molecule has 2 rings (SSSR count). The van der Waals surface area contributed by atoms with E-state index in [1.165, 1.54) is 17.7 Å². The summed E-state index contributed by atoms with van der Waals surface area (Å²) >= 11 is 0. The summed E-state index contributed by atoms with van der Waals surface area (Å²) in [5, 5.41) is 3.13. The van der Waals surface area contributed by atoms with Gasteiger partial charge in [0.05, 0.1) is 5.82 Å². The van der Waals surface area contributed by atoms with E-state index in [9.17, 15) is 4.39 Å². The zero-order chi connectivity index (χ0) is 12.3. The molecule has 1 aromatic carbocycles. The normalized spacial score (nSPS) is 20.8. The van der Waals surface area contributed by atoms with Crippen molar-refractivity contribution in [2.45, 2.75) is 25.7 Å². The lowest BCUT2D eigenvalue weighted by Gasteiger charge is -2.13. The van der Waals surface area contributed by atoms with Gasteiger partial charge in [0.15, 0.2) is 0 Å². The second kappa shape index (κ2) is 5.21. The molecule has 2 nitrogen and oxygen atoms in total. The second-order valence-electron chi connectivity index (χ2n) is 4.79. The van der Waals surface area contributed by atoms with Crippen molar-refractivity contribution in [1.29, 1.82) is 0 Å². The largest absolute Gasteiger partial charge is 0.386 e. The third kappa shape index (κ3) is 3.22. The van der Waals surface area contributed by atoms with Gasteiger partial charge in [-0.05, 0) is 48.4 Å². The van der Waals surface area contributed by atoms with Crippen LogP contribution in [0.25, 0.3) is 0 Å². The first-order chi connectivity index (χ1) is 8.15.